The summed E-state index contributed by atoms with van der Waals surface area (Å²) >= 11 is 0. The molecular formula is C10H18F3NO2. The first-order chi connectivity index (χ1) is 7.31. The van der Waals surface area contributed by atoms with E-state index in [0.717, 1.165) is 0 Å². The maximum Gasteiger partial charge on any atom is 0.389 e. The molecule has 3 nitrogen and oxygen atoms in total. The van der Waals surface area contributed by atoms with Gasteiger partial charge in [0, 0.05) is 18.9 Å². The molecule has 0 amide bonds. The fourth-order valence-electron chi connectivity index (χ4n) is 1.30. The molecule has 2 N–H and O–H groups in total. The summed E-state index contributed by atoms with van der Waals surface area (Å²) in [5, 5.41) is 11.4. The van der Waals surface area contributed by atoms with Crippen LogP contribution in [0.15, 0.2) is 0 Å². The van der Waals surface area contributed by atoms with Crippen LogP contribution in [0.1, 0.15) is 39.0 Å². The summed E-state index contributed by atoms with van der Waals surface area (Å²) < 4.78 is 35.4. The molecule has 0 fully saturated rings. The molecule has 0 aliphatic carbocycles. The Bertz CT molecular complexity index is 207. The summed E-state index contributed by atoms with van der Waals surface area (Å²) in [5.74, 6) is -0.855. The Morgan fingerprint density at radius 1 is 1.38 bits per heavy atom. The van der Waals surface area contributed by atoms with Gasteiger partial charge in [-0.2, -0.15) is 13.2 Å². The third-order valence-electron chi connectivity index (χ3n) is 2.16. The van der Waals surface area contributed by atoms with Crippen molar-refractivity contribution in [1.29, 1.82) is 0 Å². The van der Waals surface area contributed by atoms with Gasteiger partial charge in [-0.25, -0.2) is 0 Å². The first kappa shape index (κ1) is 15.2. The Labute approximate surface area is 93.0 Å². The molecule has 0 saturated carbocycles. The van der Waals surface area contributed by atoms with Crippen molar-refractivity contribution in [3.05, 3.63) is 0 Å². The molecular weight excluding hydrogens is 223 g/mol. The van der Waals surface area contributed by atoms with E-state index in [1.807, 2.05) is 0 Å². The van der Waals surface area contributed by atoms with Gasteiger partial charge in [0.05, 0.1) is 0 Å². The lowest BCUT2D eigenvalue weighted by Crippen LogP contribution is -2.27. The Kier molecular flexibility index (Phi) is 7.12. The highest BCUT2D eigenvalue weighted by atomic mass is 19.4. The largest absolute Gasteiger partial charge is 0.481 e. The lowest BCUT2D eigenvalue weighted by Gasteiger charge is -2.13. The summed E-state index contributed by atoms with van der Waals surface area (Å²) in [7, 11) is 0. The topological polar surface area (TPSA) is 49.3 Å². The second-order valence-electron chi connectivity index (χ2n) is 3.86. The minimum absolute atomic E-state index is 0.00357. The number of nitrogens with one attached hydrogen (secondary N) is 1. The molecule has 1 unspecified atom stereocenters. The maximum atomic E-state index is 11.8. The fourth-order valence-corrected chi connectivity index (χ4v) is 1.30. The zero-order valence-electron chi connectivity index (χ0n) is 9.31. The third-order valence-corrected chi connectivity index (χ3v) is 2.16. The predicted octanol–water partition coefficient (Wildman–Crippen LogP) is 2.56. The van der Waals surface area contributed by atoms with Gasteiger partial charge in [-0.1, -0.05) is 0 Å². The van der Waals surface area contributed by atoms with Gasteiger partial charge in [0.1, 0.15) is 0 Å². The Hall–Kier alpha value is -0.780. The van der Waals surface area contributed by atoms with Crippen molar-refractivity contribution in [2.45, 2.75) is 51.2 Å². The van der Waals surface area contributed by atoms with E-state index in [9.17, 15) is 18.0 Å². The van der Waals surface area contributed by atoms with Crippen LogP contribution in [0.25, 0.3) is 0 Å². The van der Waals surface area contributed by atoms with Crippen LogP contribution < -0.4 is 5.32 Å². The zero-order valence-corrected chi connectivity index (χ0v) is 9.31. The number of alkyl halides is 3. The van der Waals surface area contributed by atoms with Crippen LogP contribution in [0.2, 0.25) is 0 Å². The van der Waals surface area contributed by atoms with Crippen molar-refractivity contribution in [2.24, 2.45) is 0 Å². The van der Waals surface area contributed by atoms with Gasteiger partial charge < -0.3 is 10.4 Å². The van der Waals surface area contributed by atoms with Gasteiger partial charge >= 0.3 is 12.1 Å². The molecule has 1 atom stereocenters. The molecule has 0 heterocycles. The van der Waals surface area contributed by atoms with Crippen molar-refractivity contribution in [2.75, 3.05) is 6.54 Å². The average molecular weight is 241 g/mol. The van der Waals surface area contributed by atoms with Crippen LogP contribution in [0.3, 0.4) is 0 Å². The number of halogens is 3. The monoisotopic (exact) mass is 241 g/mol. The molecule has 0 aromatic heterocycles. The number of hydrogen-bond donors (Lipinski definition) is 2. The molecule has 0 aliphatic rings. The Balaban J connectivity index is 3.38. The molecule has 0 aromatic carbocycles. The van der Waals surface area contributed by atoms with Crippen LogP contribution in [0, 0.1) is 0 Å². The van der Waals surface area contributed by atoms with Crippen LogP contribution >= 0.6 is 0 Å². The van der Waals surface area contributed by atoms with Crippen LogP contribution in [0.4, 0.5) is 13.2 Å². The minimum Gasteiger partial charge on any atom is -0.481 e. The van der Waals surface area contributed by atoms with Crippen LogP contribution in [0.5, 0.6) is 0 Å². The van der Waals surface area contributed by atoms with E-state index in [4.69, 9.17) is 5.11 Å². The van der Waals surface area contributed by atoms with Crippen molar-refractivity contribution < 1.29 is 23.1 Å². The number of rotatable bonds is 8. The average Bonchev–Trinajstić information content (AvgIpc) is 2.10. The summed E-state index contributed by atoms with van der Waals surface area (Å²) in [6.45, 7) is 2.33. The summed E-state index contributed by atoms with van der Waals surface area (Å²) in [6.07, 6.45) is -3.69. The molecule has 0 aliphatic heterocycles. The van der Waals surface area contributed by atoms with E-state index in [-0.39, 0.29) is 18.9 Å². The molecule has 0 saturated heterocycles. The quantitative estimate of drug-likeness (QED) is 0.642. The lowest BCUT2D eigenvalue weighted by atomic mass is 10.1. The van der Waals surface area contributed by atoms with Crippen molar-refractivity contribution in [3.8, 4) is 0 Å². The highest BCUT2D eigenvalue weighted by Crippen LogP contribution is 2.22. The molecule has 6 heteroatoms. The van der Waals surface area contributed by atoms with E-state index in [1.165, 1.54) is 0 Å². The number of aliphatic carboxylic acids is 1. The van der Waals surface area contributed by atoms with E-state index >= 15 is 0 Å². The van der Waals surface area contributed by atoms with Gasteiger partial charge in [0.15, 0.2) is 0 Å². The van der Waals surface area contributed by atoms with Crippen molar-refractivity contribution in [1.82, 2.24) is 5.32 Å². The molecule has 0 radical (unpaired) electrons. The first-order valence-corrected chi connectivity index (χ1v) is 5.33. The zero-order chi connectivity index (χ0) is 12.6. The molecule has 96 valence electrons. The Morgan fingerprint density at radius 2 is 2.00 bits per heavy atom. The number of carboxylic acid groups (broad SMARTS) is 1. The third kappa shape index (κ3) is 11.3. The number of carbonyl (C=O) groups is 1. The second kappa shape index (κ2) is 7.49. The molecule has 0 rings (SSSR count). The fraction of sp³-hybridized carbons (Fsp3) is 0.900. The van der Waals surface area contributed by atoms with Gasteiger partial charge in [-0.3, -0.25) is 4.79 Å². The van der Waals surface area contributed by atoms with E-state index in [0.29, 0.717) is 19.4 Å². The summed E-state index contributed by atoms with van der Waals surface area (Å²) in [5.41, 5.74) is 0. The van der Waals surface area contributed by atoms with E-state index in [1.54, 1.807) is 6.92 Å². The molecule has 16 heavy (non-hydrogen) atoms. The highest BCUT2D eigenvalue weighted by Gasteiger charge is 2.26. The van der Waals surface area contributed by atoms with Crippen molar-refractivity contribution >= 4 is 5.97 Å². The normalized spacial score (nSPS) is 13.8. The van der Waals surface area contributed by atoms with Gasteiger partial charge in [-0.15, -0.1) is 0 Å². The standard InChI is InChI=1S/C10H18F3NO2/c1-8(4-2-6-10(11,12)13)14-7-3-5-9(15)16/h8,14H,2-7H2,1H3,(H,15,16). The number of hydrogen-bond acceptors (Lipinski definition) is 2. The molecule has 0 aromatic rings. The van der Waals surface area contributed by atoms with E-state index in [2.05, 4.69) is 5.32 Å². The number of carboxylic acids is 1. The summed E-state index contributed by atoms with van der Waals surface area (Å²) in [6, 6.07) is -0.00357. The molecule has 0 bridgehead atoms. The smallest absolute Gasteiger partial charge is 0.389 e. The lowest BCUT2D eigenvalue weighted by molar-refractivity contribution is -0.137. The minimum atomic E-state index is -4.08. The van der Waals surface area contributed by atoms with Gasteiger partial charge in [0.2, 0.25) is 0 Å². The molecule has 0 spiro atoms. The first-order valence-electron chi connectivity index (χ1n) is 5.33. The maximum absolute atomic E-state index is 11.8. The SMILES string of the molecule is CC(CCCC(F)(F)F)NCCCC(=O)O. The highest BCUT2D eigenvalue weighted by molar-refractivity contribution is 5.66. The summed E-state index contributed by atoms with van der Waals surface area (Å²) in [4.78, 5) is 10.2. The van der Waals surface area contributed by atoms with Gasteiger partial charge in [-0.05, 0) is 32.7 Å². The van der Waals surface area contributed by atoms with Crippen LogP contribution in [-0.2, 0) is 4.79 Å². The van der Waals surface area contributed by atoms with Gasteiger partial charge in [0.25, 0.3) is 0 Å². The second-order valence-corrected chi connectivity index (χ2v) is 3.86. The Morgan fingerprint density at radius 3 is 2.50 bits per heavy atom. The predicted molar refractivity (Wildman–Crippen MR) is 54.2 cm³/mol. The van der Waals surface area contributed by atoms with E-state index < -0.39 is 18.6 Å². The van der Waals surface area contributed by atoms with Crippen molar-refractivity contribution in [3.63, 3.8) is 0 Å². The van der Waals surface area contributed by atoms with Crippen LogP contribution in [-0.4, -0.2) is 29.8 Å².